The van der Waals surface area contributed by atoms with Gasteiger partial charge in [-0.05, 0) is 64.2 Å². The number of carbonyl (C=O) groups is 2. The Morgan fingerprint density at radius 2 is 1.72 bits per heavy atom. The van der Waals surface area contributed by atoms with Gasteiger partial charge < -0.3 is 15.0 Å². The lowest BCUT2D eigenvalue weighted by molar-refractivity contribution is 0.0522. The number of rotatable bonds is 3. The first-order valence-corrected chi connectivity index (χ1v) is 9.22. The lowest BCUT2D eigenvalue weighted by Crippen LogP contribution is -2.35. The van der Waals surface area contributed by atoms with E-state index >= 15 is 0 Å². The van der Waals surface area contributed by atoms with Crippen LogP contribution in [0.15, 0.2) is 24.3 Å². The standard InChI is InChI=1S/C20H28N2O3/c1-20(2,3)25-19(24)21-17-13-16(17)14-7-9-15(10-8-14)18(23)22-11-5-4-6-12-22/h7-10,16-17H,4-6,11-13H2,1-3H3,(H,21,24)/t16-,17+/m0/s1. The second-order valence-corrected chi connectivity index (χ2v) is 8.07. The summed E-state index contributed by atoms with van der Waals surface area (Å²) in [6.45, 7) is 7.30. The van der Waals surface area contributed by atoms with Crippen molar-refractivity contribution in [2.24, 2.45) is 0 Å². The van der Waals surface area contributed by atoms with Gasteiger partial charge >= 0.3 is 6.09 Å². The van der Waals surface area contributed by atoms with E-state index in [1.165, 1.54) is 6.42 Å². The number of alkyl carbamates (subject to hydrolysis) is 1. The highest BCUT2D eigenvalue weighted by Gasteiger charge is 2.40. The van der Waals surface area contributed by atoms with Gasteiger partial charge in [0.2, 0.25) is 0 Å². The van der Waals surface area contributed by atoms with Crippen molar-refractivity contribution in [3.05, 3.63) is 35.4 Å². The second kappa shape index (κ2) is 7.06. The first-order chi connectivity index (χ1) is 11.8. The number of nitrogens with one attached hydrogen (secondary N) is 1. The van der Waals surface area contributed by atoms with Crippen LogP contribution in [0, 0.1) is 0 Å². The van der Waals surface area contributed by atoms with Crippen LogP contribution < -0.4 is 5.32 Å². The van der Waals surface area contributed by atoms with E-state index in [4.69, 9.17) is 4.74 Å². The third-order valence-electron chi connectivity index (χ3n) is 4.72. The minimum absolute atomic E-state index is 0.124. The number of hydrogen-bond donors (Lipinski definition) is 1. The van der Waals surface area contributed by atoms with Crippen molar-refractivity contribution in [2.75, 3.05) is 13.1 Å². The molecular weight excluding hydrogens is 316 g/mol. The number of carbonyl (C=O) groups excluding carboxylic acids is 2. The fourth-order valence-corrected chi connectivity index (χ4v) is 3.33. The molecule has 2 fully saturated rings. The molecule has 0 aromatic heterocycles. The van der Waals surface area contributed by atoms with Crippen LogP contribution in [-0.2, 0) is 4.74 Å². The minimum Gasteiger partial charge on any atom is -0.444 e. The topological polar surface area (TPSA) is 58.6 Å². The molecule has 5 nitrogen and oxygen atoms in total. The van der Waals surface area contributed by atoms with E-state index in [0.29, 0.717) is 5.92 Å². The lowest BCUT2D eigenvalue weighted by Gasteiger charge is -2.26. The zero-order valence-electron chi connectivity index (χ0n) is 15.4. The van der Waals surface area contributed by atoms with Crippen molar-refractivity contribution in [3.8, 4) is 0 Å². The number of hydrogen-bond acceptors (Lipinski definition) is 3. The Labute approximate surface area is 149 Å². The molecule has 0 unspecified atom stereocenters. The van der Waals surface area contributed by atoms with E-state index in [-0.39, 0.29) is 18.0 Å². The van der Waals surface area contributed by atoms with Crippen LogP contribution in [0.4, 0.5) is 4.79 Å². The summed E-state index contributed by atoms with van der Waals surface area (Å²) in [5.41, 5.74) is 1.43. The molecule has 1 saturated carbocycles. The van der Waals surface area contributed by atoms with Crippen molar-refractivity contribution in [1.29, 1.82) is 0 Å². The Hall–Kier alpha value is -2.04. The number of likely N-dealkylation sites (tertiary alicyclic amines) is 1. The quantitative estimate of drug-likeness (QED) is 0.910. The summed E-state index contributed by atoms with van der Waals surface area (Å²) in [4.78, 5) is 26.3. The molecule has 5 heteroatoms. The van der Waals surface area contributed by atoms with Crippen LogP contribution in [0.3, 0.4) is 0 Å². The van der Waals surface area contributed by atoms with Gasteiger partial charge in [-0.25, -0.2) is 4.79 Å². The smallest absolute Gasteiger partial charge is 0.407 e. The maximum atomic E-state index is 12.5. The van der Waals surface area contributed by atoms with Gasteiger partial charge in [0, 0.05) is 30.6 Å². The fraction of sp³-hybridized carbons (Fsp3) is 0.600. The Balaban J connectivity index is 1.53. The van der Waals surface area contributed by atoms with Crippen LogP contribution >= 0.6 is 0 Å². The fourth-order valence-electron chi connectivity index (χ4n) is 3.33. The summed E-state index contributed by atoms with van der Waals surface area (Å²) in [6, 6.07) is 7.97. The number of piperidine rings is 1. The van der Waals surface area contributed by atoms with Crippen LogP contribution in [0.5, 0.6) is 0 Å². The summed E-state index contributed by atoms with van der Waals surface area (Å²) < 4.78 is 5.29. The number of ether oxygens (including phenoxy) is 1. The van der Waals surface area contributed by atoms with Gasteiger partial charge in [0.05, 0.1) is 0 Å². The average molecular weight is 344 g/mol. The van der Waals surface area contributed by atoms with E-state index < -0.39 is 5.60 Å². The highest BCUT2D eigenvalue weighted by Crippen LogP contribution is 2.41. The Kier molecular flexibility index (Phi) is 5.02. The van der Waals surface area contributed by atoms with Crippen molar-refractivity contribution < 1.29 is 14.3 Å². The molecule has 2 amide bonds. The summed E-state index contributed by atoms with van der Waals surface area (Å²) in [7, 11) is 0. The zero-order chi connectivity index (χ0) is 18.0. The SMILES string of the molecule is CC(C)(C)OC(=O)N[C@@H]1C[C@H]1c1ccc(C(=O)N2CCCCC2)cc1. The highest BCUT2D eigenvalue weighted by atomic mass is 16.6. The number of nitrogens with zero attached hydrogens (tertiary/aromatic N) is 1. The molecule has 1 heterocycles. The van der Waals surface area contributed by atoms with E-state index in [1.54, 1.807) is 0 Å². The molecule has 0 bridgehead atoms. The molecule has 1 aliphatic heterocycles. The molecule has 0 radical (unpaired) electrons. The molecule has 2 atom stereocenters. The molecular formula is C20H28N2O3. The average Bonchev–Trinajstić information content (AvgIpc) is 3.32. The van der Waals surface area contributed by atoms with E-state index in [9.17, 15) is 9.59 Å². The molecule has 25 heavy (non-hydrogen) atoms. The van der Waals surface area contributed by atoms with Gasteiger partial charge in [0.25, 0.3) is 5.91 Å². The van der Waals surface area contributed by atoms with Gasteiger partial charge in [-0.2, -0.15) is 0 Å². The third-order valence-corrected chi connectivity index (χ3v) is 4.72. The van der Waals surface area contributed by atoms with Crippen molar-refractivity contribution in [3.63, 3.8) is 0 Å². The van der Waals surface area contributed by atoms with Crippen LogP contribution in [0.25, 0.3) is 0 Å². The van der Waals surface area contributed by atoms with E-state index in [2.05, 4.69) is 5.32 Å². The van der Waals surface area contributed by atoms with Crippen LogP contribution in [0.1, 0.15) is 68.3 Å². The Morgan fingerprint density at radius 3 is 2.32 bits per heavy atom. The largest absolute Gasteiger partial charge is 0.444 e. The van der Waals surface area contributed by atoms with E-state index in [0.717, 1.165) is 43.5 Å². The molecule has 1 aromatic rings. The van der Waals surface area contributed by atoms with Gasteiger partial charge in [-0.15, -0.1) is 0 Å². The predicted octanol–water partition coefficient (Wildman–Crippen LogP) is 3.69. The molecule has 136 valence electrons. The molecule has 0 spiro atoms. The normalized spacial score (nSPS) is 23.1. The molecule has 3 rings (SSSR count). The van der Waals surface area contributed by atoms with Gasteiger partial charge in [-0.3, -0.25) is 4.79 Å². The predicted molar refractivity (Wildman–Crippen MR) is 96.7 cm³/mol. The summed E-state index contributed by atoms with van der Waals surface area (Å²) in [6.07, 6.45) is 3.97. The summed E-state index contributed by atoms with van der Waals surface area (Å²) >= 11 is 0. The van der Waals surface area contributed by atoms with Crippen molar-refractivity contribution in [1.82, 2.24) is 10.2 Å². The molecule has 1 saturated heterocycles. The Bertz CT molecular complexity index is 627. The highest BCUT2D eigenvalue weighted by molar-refractivity contribution is 5.94. The maximum Gasteiger partial charge on any atom is 0.407 e. The molecule has 1 aliphatic carbocycles. The summed E-state index contributed by atoms with van der Waals surface area (Å²) in [5.74, 6) is 0.442. The van der Waals surface area contributed by atoms with Gasteiger partial charge in [-0.1, -0.05) is 12.1 Å². The first-order valence-electron chi connectivity index (χ1n) is 9.22. The third kappa shape index (κ3) is 4.74. The minimum atomic E-state index is -0.481. The summed E-state index contributed by atoms with van der Waals surface area (Å²) in [5, 5.41) is 2.91. The van der Waals surface area contributed by atoms with Crippen LogP contribution in [-0.4, -0.2) is 41.6 Å². The van der Waals surface area contributed by atoms with E-state index in [1.807, 2.05) is 49.9 Å². The van der Waals surface area contributed by atoms with Crippen molar-refractivity contribution >= 4 is 12.0 Å². The van der Waals surface area contributed by atoms with Crippen molar-refractivity contribution in [2.45, 2.75) is 64.0 Å². The first kappa shape index (κ1) is 17.8. The maximum absolute atomic E-state index is 12.5. The van der Waals surface area contributed by atoms with Gasteiger partial charge in [0.15, 0.2) is 0 Å². The number of amides is 2. The Morgan fingerprint density at radius 1 is 1.08 bits per heavy atom. The monoisotopic (exact) mass is 344 g/mol. The zero-order valence-corrected chi connectivity index (χ0v) is 15.4. The second-order valence-electron chi connectivity index (χ2n) is 8.07. The van der Waals surface area contributed by atoms with Crippen LogP contribution in [0.2, 0.25) is 0 Å². The molecule has 1 aromatic carbocycles. The molecule has 1 N–H and O–H groups in total. The lowest BCUT2D eigenvalue weighted by atomic mass is 10.1. The molecule has 2 aliphatic rings. The number of benzene rings is 1. The van der Waals surface area contributed by atoms with Gasteiger partial charge in [0.1, 0.15) is 5.60 Å².